The number of Topliss-reactive ketones (excluding diaryl/α,β-unsaturated/α-hetero) is 1. The first-order chi connectivity index (χ1) is 7.68. The van der Waals surface area contributed by atoms with Crippen LogP contribution in [0.15, 0.2) is 6.20 Å². The first kappa shape index (κ1) is 11.8. The predicted octanol–water partition coefficient (Wildman–Crippen LogP) is 3.55. The van der Waals surface area contributed by atoms with Crippen LogP contribution in [0.3, 0.4) is 0 Å². The van der Waals surface area contributed by atoms with Gasteiger partial charge in [0, 0.05) is 5.92 Å². The van der Waals surface area contributed by atoms with Crippen molar-refractivity contribution in [1.82, 2.24) is 9.97 Å². The van der Waals surface area contributed by atoms with Gasteiger partial charge in [-0.3, -0.25) is 4.79 Å². The van der Waals surface area contributed by atoms with E-state index >= 15 is 0 Å². The molecular formula is C11H12Cl2N2O. The number of halogens is 2. The lowest BCUT2D eigenvalue weighted by Crippen LogP contribution is -2.19. The van der Waals surface area contributed by atoms with Crippen molar-refractivity contribution in [1.29, 1.82) is 0 Å². The van der Waals surface area contributed by atoms with Crippen LogP contribution in [0.4, 0.5) is 0 Å². The maximum absolute atomic E-state index is 12.1. The van der Waals surface area contributed by atoms with Crippen LogP contribution in [0.5, 0.6) is 0 Å². The van der Waals surface area contributed by atoms with Crippen LogP contribution in [-0.4, -0.2) is 15.8 Å². The molecule has 0 N–H and O–H groups in total. The fraction of sp³-hybridized carbons (Fsp3) is 0.545. The molecule has 3 nitrogen and oxygen atoms in total. The van der Waals surface area contributed by atoms with Gasteiger partial charge < -0.3 is 0 Å². The van der Waals surface area contributed by atoms with Crippen molar-refractivity contribution in [2.45, 2.75) is 32.1 Å². The topological polar surface area (TPSA) is 42.9 Å². The zero-order valence-electron chi connectivity index (χ0n) is 8.75. The average Bonchev–Trinajstić information content (AvgIpc) is 2.33. The Balaban J connectivity index is 2.16. The van der Waals surface area contributed by atoms with E-state index in [1.165, 1.54) is 12.6 Å². The summed E-state index contributed by atoms with van der Waals surface area (Å²) in [5.41, 5.74) is 0.335. The monoisotopic (exact) mass is 258 g/mol. The number of carbonyl (C=O) groups is 1. The summed E-state index contributed by atoms with van der Waals surface area (Å²) in [6.07, 6.45) is 6.75. The summed E-state index contributed by atoms with van der Waals surface area (Å²) in [7, 11) is 0. The molecule has 1 aromatic rings. The zero-order valence-corrected chi connectivity index (χ0v) is 10.3. The Hall–Kier alpha value is -0.670. The molecule has 0 aliphatic heterocycles. The Kier molecular flexibility index (Phi) is 3.77. The number of rotatable bonds is 2. The second kappa shape index (κ2) is 5.11. The lowest BCUT2D eigenvalue weighted by Gasteiger charge is -2.19. The van der Waals surface area contributed by atoms with E-state index < -0.39 is 0 Å². The molecule has 0 bridgehead atoms. The number of hydrogen-bond acceptors (Lipinski definition) is 3. The number of carbonyl (C=O) groups excluding carboxylic acids is 1. The molecular weight excluding hydrogens is 247 g/mol. The zero-order chi connectivity index (χ0) is 11.5. The molecule has 2 rings (SSSR count). The minimum absolute atomic E-state index is 0.0470. The van der Waals surface area contributed by atoms with E-state index in [0.29, 0.717) is 5.69 Å². The van der Waals surface area contributed by atoms with Crippen molar-refractivity contribution in [3.05, 3.63) is 22.2 Å². The van der Waals surface area contributed by atoms with Gasteiger partial charge in [0.15, 0.2) is 16.1 Å². The molecule has 0 radical (unpaired) electrons. The van der Waals surface area contributed by atoms with Crippen LogP contribution >= 0.6 is 23.2 Å². The van der Waals surface area contributed by atoms with Gasteiger partial charge in [-0.1, -0.05) is 42.5 Å². The first-order valence-electron chi connectivity index (χ1n) is 5.40. The molecule has 5 heteroatoms. The molecule has 0 aromatic carbocycles. The standard InChI is InChI=1S/C11H12Cl2N2O/c12-10-11(13)15-8(6-14-10)9(16)7-4-2-1-3-5-7/h6-7H,1-5H2. The van der Waals surface area contributed by atoms with E-state index in [-0.39, 0.29) is 22.0 Å². The summed E-state index contributed by atoms with van der Waals surface area (Å²) in [5.74, 6) is 0.131. The third-order valence-electron chi connectivity index (χ3n) is 2.92. The minimum Gasteiger partial charge on any atom is -0.292 e. The Morgan fingerprint density at radius 3 is 2.50 bits per heavy atom. The van der Waals surface area contributed by atoms with E-state index in [1.807, 2.05) is 0 Å². The molecule has 1 heterocycles. The first-order valence-corrected chi connectivity index (χ1v) is 6.16. The fourth-order valence-electron chi connectivity index (χ4n) is 2.04. The average molecular weight is 259 g/mol. The molecule has 0 unspecified atom stereocenters. The van der Waals surface area contributed by atoms with E-state index in [4.69, 9.17) is 23.2 Å². The highest BCUT2D eigenvalue weighted by molar-refractivity contribution is 6.40. The van der Waals surface area contributed by atoms with Gasteiger partial charge in [-0.25, -0.2) is 9.97 Å². The summed E-state index contributed by atoms with van der Waals surface area (Å²) in [6, 6.07) is 0. The fourth-order valence-corrected chi connectivity index (χ4v) is 2.28. The third-order valence-corrected chi connectivity index (χ3v) is 3.55. The van der Waals surface area contributed by atoms with Crippen molar-refractivity contribution >= 4 is 29.0 Å². The van der Waals surface area contributed by atoms with Crippen LogP contribution in [0, 0.1) is 5.92 Å². The summed E-state index contributed by atoms with van der Waals surface area (Å²) >= 11 is 11.4. The summed E-state index contributed by atoms with van der Waals surface area (Å²) < 4.78 is 0. The molecule has 1 aliphatic rings. The van der Waals surface area contributed by atoms with Crippen molar-refractivity contribution in [2.24, 2.45) is 5.92 Å². The van der Waals surface area contributed by atoms with Crippen LogP contribution in [0.2, 0.25) is 10.3 Å². The highest BCUT2D eigenvalue weighted by Crippen LogP contribution is 2.27. The molecule has 0 amide bonds. The number of hydrogen-bond donors (Lipinski definition) is 0. The molecule has 1 saturated carbocycles. The van der Waals surface area contributed by atoms with Gasteiger partial charge in [-0.15, -0.1) is 0 Å². The Labute approximate surface area is 104 Å². The number of nitrogens with zero attached hydrogens (tertiary/aromatic N) is 2. The van der Waals surface area contributed by atoms with Gasteiger partial charge in [0.05, 0.1) is 6.20 Å². The van der Waals surface area contributed by atoms with E-state index in [2.05, 4.69) is 9.97 Å². The molecule has 1 aliphatic carbocycles. The van der Waals surface area contributed by atoms with Gasteiger partial charge in [0.1, 0.15) is 5.69 Å². The van der Waals surface area contributed by atoms with Crippen molar-refractivity contribution in [2.75, 3.05) is 0 Å². The van der Waals surface area contributed by atoms with Crippen LogP contribution in [-0.2, 0) is 0 Å². The van der Waals surface area contributed by atoms with Gasteiger partial charge in [0.25, 0.3) is 0 Å². The number of aromatic nitrogens is 2. The van der Waals surface area contributed by atoms with Gasteiger partial charge in [0.2, 0.25) is 0 Å². The van der Waals surface area contributed by atoms with Crippen molar-refractivity contribution in [3.63, 3.8) is 0 Å². The third kappa shape index (κ3) is 2.53. The smallest absolute Gasteiger partial charge is 0.185 e. The lowest BCUT2D eigenvalue weighted by atomic mass is 9.85. The molecule has 0 saturated heterocycles. The second-order valence-electron chi connectivity index (χ2n) is 4.04. The van der Waals surface area contributed by atoms with Gasteiger partial charge in [-0.2, -0.15) is 0 Å². The van der Waals surface area contributed by atoms with Gasteiger partial charge in [-0.05, 0) is 12.8 Å². The number of ketones is 1. The van der Waals surface area contributed by atoms with E-state index in [9.17, 15) is 4.79 Å². The van der Waals surface area contributed by atoms with Crippen LogP contribution < -0.4 is 0 Å². The maximum Gasteiger partial charge on any atom is 0.185 e. The molecule has 1 aromatic heterocycles. The van der Waals surface area contributed by atoms with Crippen LogP contribution in [0.1, 0.15) is 42.6 Å². The lowest BCUT2D eigenvalue weighted by molar-refractivity contribution is 0.0884. The largest absolute Gasteiger partial charge is 0.292 e. The van der Waals surface area contributed by atoms with Crippen molar-refractivity contribution in [3.8, 4) is 0 Å². The normalized spacial score (nSPS) is 17.4. The summed E-state index contributed by atoms with van der Waals surface area (Å²) in [4.78, 5) is 19.9. The summed E-state index contributed by atoms with van der Waals surface area (Å²) in [6.45, 7) is 0. The highest BCUT2D eigenvalue weighted by Gasteiger charge is 2.24. The maximum atomic E-state index is 12.1. The Morgan fingerprint density at radius 2 is 1.88 bits per heavy atom. The molecule has 86 valence electrons. The minimum atomic E-state index is 0.0470. The quantitative estimate of drug-likeness (QED) is 0.763. The SMILES string of the molecule is O=C(c1cnc(Cl)c(Cl)n1)C1CCCCC1. The summed E-state index contributed by atoms with van der Waals surface area (Å²) in [5, 5.41) is 0.241. The Bertz CT molecular complexity index is 403. The molecule has 1 fully saturated rings. The predicted molar refractivity (Wildman–Crippen MR) is 63.0 cm³/mol. The molecule has 0 spiro atoms. The second-order valence-corrected chi connectivity index (χ2v) is 4.75. The molecule has 16 heavy (non-hydrogen) atoms. The van der Waals surface area contributed by atoms with Gasteiger partial charge >= 0.3 is 0 Å². The van der Waals surface area contributed by atoms with Crippen molar-refractivity contribution < 1.29 is 4.79 Å². The van der Waals surface area contributed by atoms with E-state index in [1.54, 1.807) is 0 Å². The van der Waals surface area contributed by atoms with Crippen LogP contribution in [0.25, 0.3) is 0 Å². The Morgan fingerprint density at radius 1 is 1.19 bits per heavy atom. The van der Waals surface area contributed by atoms with E-state index in [0.717, 1.165) is 25.7 Å². The molecule has 0 atom stereocenters. The highest BCUT2D eigenvalue weighted by atomic mass is 35.5.